The first-order chi connectivity index (χ1) is 12.3. The fraction of sp³-hybridized carbons (Fsp3) is 0.455. The van der Waals surface area contributed by atoms with Gasteiger partial charge in [0.15, 0.2) is 0 Å². The summed E-state index contributed by atoms with van der Waals surface area (Å²) in [7, 11) is 0. The van der Waals surface area contributed by atoms with Crippen molar-refractivity contribution >= 4 is 0 Å². The Kier molecular flexibility index (Phi) is 5.04. The van der Waals surface area contributed by atoms with E-state index in [0.717, 1.165) is 12.3 Å². The number of piperidine rings is 1. The van der Waals surface area contributed by atoms with Crippen LogP contribution in [-0.2, 0) is 13.2 Å². The van der Waals surface area contributed by atoms with Gasteiger partial charge in [-0.25, -0.2) is 0 Å². The van der Waals surface area contributed by atoms with Gasteiger partial charge >= 0.3 is 0 Å². The molecule has 4 rings (SSSR count). The highest BCUT2D eigenvalue weighted by molar-refractivity contribution is 5.29. The molecule has 2 aliphatic rings. The molecule has 1 spiro atoms. The van der Waals surface area contributed by atoms with Crippen LogP contribution in [0.2, 0.25) is 0 Å². The van der Waals surface area contributed by atoms with E-state index < -0.39 is 0 Å². The number of benzene rings is 2. The Bertz CT molecular complexity index is 679. The van der Waals surface area contributed by atoms with E-state index in [1.807, 2.05) is 6.07 Å². The molecule has 2 saturated heterocycles. The van der Waals surface area contributed by atoms with Crippen LogP contribution in [0.5, 0.6) is 5.75 Å². The minimum absolute atomic E-state index is 0.576. The number of rotatable bonds is 5. The largest absolute Gasteiger partial charge is 0.489 e. The van der Waals surface area contributed by atoms with Crippen LogP contribution in [0, 0.1) is 5.41 Å². The van der Waals surface area contributed by atoms with Crippen LogP contribution in [0.15, 0.2) is 54.6 Å². The molecule has 1 N–H and O–H groups in total. The molecule has 0 atom stereocenters. The molecule has 0 radical (unpaired) electrons. The van der Waals surface area contributed by atoms with E-state index in [9.17, 15) is 0 Å². The maximum absolute atomic E-state index is 5.98. The van der Waals surface area contributed by atoms with E-state index in [2.05, 4.69) is 58.7 Å². The molecule has 2 heterocycles. The fourth-order valence-electron chi connectivity index (χ4n) is 4.26. The SMILES string of the molecule is c1ccc(COc2cccc(CN3CCC4(CCNCC4)C3)c2)cc1. The average Bonchev–Trinajstić information content (AvgIpc) is 3.03. The Morgan fingerprint density at radius 3 is 2.56 bits per heavy atom. The molecule has 0 saturated carbocycles. The van der Waals surface area contributed by atoms with Crippen LogP contribution in [0.4, 0.5) is 0 Å². The second kappa shape index (κ2) is 7.59. The molecule has 3 nitrogen and oxygen atoms in total. The van der Waals surface area contributed by atoms with Crippen molar-refractivity contribution in [1.82, 2.24) is 10.2 Å². The van der Waals surface area contributed by atoms with Crippen LogP contribution in [0.25, 0.3) is 0 Å². The Hall–Kier alpha value is -1.84. The Morgan fingerprint density at radius 2 is 1.72 bits per heavy atom. The maximum Gasteiger partial charge on any atom is 0.120 e. The molecule has 2 aromatic carbocycles. The van der Waals surface area contributed by atoms with Crippen molar-refractivity contribution in [2.45, 2.75) is 32.4 Å². The predicted octanol–water partition coefficient (Wildman–Crippen LogP) is 3.84. The molecule has 0 bridgehead atoms. The van der Waals surface area contributed by atoms with Crippen molar-refractivity contribution in [2.24, 2.45) is 5.41 Å². The molecule has 2 aromatic rings. The van der Waals surface area contributed by atoms with Gasteiger partial charge in [-0.1, -0.05) is 42.5 Å². The van der Waals surface area contributed by atoms with E-state index in [4.69, 9.17) is 4.74 Å². The normalized spacial score (nSPS) is 20.0. The maximum atomic E-state index is 5.98. The van der Waals surface area contributed by atoms with Crippen LogP contribution in [0.1, 0.15) is 30.4 Å². The lowest BCUT2D eigenvalue weighted by atomic mass is 9.78. The van der Waals surface area contributed by atoms with Crippen molar-refractivity contribution in [2.75, 3.05) is 26.2 Å². The highest BCUT2D eigenvalue weighted by Crippen LogP contribution is 2.39. The standard InChI is InChI=1S/C22H28N2O/c1-2-5-19(6-3-1)17-25-21-8-4-7-20(15-21)16-24-14-11-22(18-24)9-12-23-13-10-22/h1-8,15,23H,9-14,16-18H2. The van der Waals surface area contributed by atoms with E-state index in [-0.39, 0.29) is 0 Å². The smallest absolute Gasteiger partial charge is 0.120 e. The predicted molar refractivity (Wildman–Crippen MR) is 102 cm³/mol. The van der Waals surface area contributed by atoms with Gasteiger partial charge in [-0.05, 0) is 67.6 Å². The monoisotopic (exact) mass is 336 g/mol. The Balaban J connectivity index is 1.34. The first-order valence-corrected chi connectivity index (χ1v) is 9.50. The van der Waals surface area contributed by atoms with Crippen LogP contribution in [0.3, 0.4) is 0 Å². The number of nitrogens with zero attached hydrogens (tertiary/aromatic N) is 1. The lowest BCUT2D eigenvalue weighted by Crippen LogP contribution is -2.38. The summed E-state index contributed by atoms with van der Waals surface area (Å²) in [6.07, 6.45) is 4.03. The second-order valence-electron chi connectivity index (χ2n) is 7.63. The van der Waals surface area contributed by atoms with Gasteiger partial charge < -0.3 is 10.1 Å². The molecule has 0 unspecified atom stereocenters. The molecule has 0 amide bonds. The molecule has 132 valence electrons. The third-order valence-corrected chi connectivity index (χ3v) is 5.73. The number of likely N-dealkylation sites (tertiary alicyclic amines) is 1. The van der Waals surface area contributed by atoms with E-state index >= 15 is 0 Å². The number of hydrogen-bond donors (Lipinski definition) is 1. The molecule has 25 heavy (non-hydrogen) atoms. The van der Waals surface area contributed by atoms with Crippen molar-refractivity contribution in [3.05, 3.63) is 65.7 Å². The molecule has 2 aliphatic heterocycles. The quantitative estimate of drug-likeness (QED) is 0.898. The Morgan fingerprint density at radius 1 is 0.920 bits per heavy atom. The molecule has 3 heteroatoms. The summed E-state index contributed by atoms with van der Waals surface area (Å²) in [4.78, 5) is 2.63. The van der Waals surface area contributed by atoms with Crippen LogP contribution < -0.4 is 10.1 Å². The minimum Gasteiger partial charge on any atom is -0.489 e. The van der Waals surface area contributed by atoms with Gasteiger partial charge in [-0.2, -0.15) is 0 Å². The van der Waals surface area contributed by atoms with Crippen LogP contribution in [-0.4, -0.2) is 31.1 Å². The third kappa shape index (κ3) is 4.23. The highest BCUT2D eigenvalue weighted by Gasteiger charge is 2.38. The molecular weight excluding hydrogens is 308 g/mol. The van der Waals surface area contributed by atoms with Gasteiger partial charge in [0.25, 0.3) is 0 Å². The van der Waals surface area contributed by atoms with Gasteiger partial charge in [-0.15, -0.1) is 0 Å². The first kappa shape index (κ1) is 16.6. The fourth-order valence-corrected chi connectivity index (χ4v) is 4.26. The van der Waals surface area contributed by atoms with Crippen molar-refractivity contribution in [1.29, 1.82) is 0 Å². The van der Waals surface area contributed by atoms with Crippen molar-refractivity contribution in [3.63, 3.8) is 0 Å². The molecular formula is C22H28N2O. The third-order valence-electron chi connectivity index (χ3n) is 5.73. The summed E-state index contributed by atoms with van der Waals surface area (Å²) in [5.74, 6) is 0.970. The van der Waals surface area contributed by atoms with E-state index in [0.29, 0.717) is 12.0 Å². The van der Waals surface area contributed by atoms with E-state index in [1.54, 1.807) is 0 Å². The number of hydrogen-bond acceptors (Lipinski definition) is 3. The van der Waals surface area contributed by atoms with Gasteiger partial charge in [0.1, 0.15) is 12.4 Å². The highest BCUT2D eigenvalue weighted by atomic mass is 16.5. The number of ether oxygens (including phenoxy) is 1. The van der Waals surface area contributed by atoms with Gasteiger partial charge in [0, 0.05) is 13.1 Å². The number of nitrogens with one attached hydrogen (secondary N) is 1. The first-order valence-electron chi connectivity index (χ1n) is 9.50. The zero-order chi connectivity index (χ0) is 17.0. The van der Waals surface area contributed by atoms with Crippen LogP contribution >= 0.6 is 0 Å². The molecule has 0 aliphatic carbocycles. The second-order valence-corrected chi connectivity index (χ2v) is 7.63. The summed E-state index contributed by atoms with van der Waals surface area (Å²) in [5, 5.41) is 3.50. The van der Waals surface area contributed by atoms with Gasteiger partial charge in [0.05, 0.1) is 0 Å². The van der Waals surface area contributed by atoms with E-state index in [1.165, 1.54) is 56.6 Å². The zero-order valence-electron chi connectivity index (χ0n) is 14.9. The van der Waals surface area contributed by atoms with Gasteiger partial charge in [-0.3, -0.25) is 4.90 Å². The summed E-state index contributed by atoms with van der Waals surface area (Å²) in [5.41, 5.74) is 3.14. The zero-order valence-corrected chi connectivity index (χ0v) is 14.9. The van der Waals surface area contributed by atoms with Crippen molar-refractivity contribution in [3.8, 4) is 5.75 Å². The lowest BCUT2D eigenvalue weighted by molar-refractivity contribution is 0.194. The summed E-state index contributed by atoms with van der Waals surface area (Å²) >= 11 is 0. The summed E-state index contributed by atoms with van der Waals surface area (Å²) in [6.45, 7) is 6.54. The lowest BCUT2D eigenvalue weighted by Gasteiger charge is -2.34. The Labute approximate surface area is 151 Å². The van der Waals surface area contributed by atoms with Crippen molar-refractivity contribution < 1.29 is 4.74 Å². The topological polar surface area (TPSA) is 24.5 Å². The molecule has 2 fully saturated rings. The average molecular weight is 336 g/mol. The summed E-state index contributed by atoms with van der Waals surface area (Å²) in [6, 6.07) is 19.0. The van der Waals surface area contributed by atoms with Gasteiger partial charge in [0.2, 0.25) is 0 Å². The minimum atomic E-state index is 0.576. The molecule has 0 aromatic heterocycles. The summed E-state index contributed by atoms with van der Waals surface area (Å²) < 4.78 is 5.98.